The fourth-order valence-electron chi connectivity index (χ4n) is 1.03. The Morgan fingerprint density at radius 2 is 2.23 bits per heavy atom. The quantitative estimate of drug-likeness (QED) is 0.724. The zero-order valence-corrected chi connectivity index (χ0v) is 7.71. The molecular weight excluding hydrogens is 186 g/mol. The molecule has 0 heterocycles. The molecule has 0 spiro atoms. The third-order valence-electron chi connectivity index (χ3n) is 1.88. The van der Waals surface area contributed by atoms with E-state index in [9.17, 15) is 0 Å². The molecule has 3 heteroatoms. The molecule has 1 fully saturated rings. The highest BCUT2D eigenvalue weighted by Gasteiger charge is 2.24. The van der Waals surface area contributed by atoms with Gasteiger partial charge in [-0.1, -0.05) is 11.6 Å². The van der Waals surface area contributed by atoms with E-state index in [1.807, 2.05) is 6.07 Å². The van der Waals surface area contributed by atoms with Crippen LogP contribution < -0.4 is 4.74 Å². The molecular formula is C10H8ClNO. The van der Waals surface area contributed by atoms with Gasteiger partial charge in [0.1, 0.15) is 5.75 Å². The molecule has 0 atom stereocenters. The summed E-state index contributed by atoms with van der Waals surface area (Å²) in [6, 6.07) is 7.11. The number of hydrogen-bond donors (Lipinski definition) is 0. The van der Waals surface area contributed by atoms with Gasteiger partial charge in [-0.2, -0.15) is 5.26 Å². The van der Waals surface area contributed by atoms with Crippen molar-refractivity contribution in [1.29, 1.82) is 5.26 Å². The lowest BCUT2D eigenvalue weighted by molar-refractivity contribution is 0.303. The van der Waals surface area contributed by atoms with Crippen molar-refractivity contribution in [2.75, 3.05) is 0 Å². The first-order chi connectivity index (χ1) is 6.29. The van der Waals surface area contributed by atoms with Gasteiger partial charge in [0, 0.05) is 0 Å². The molecule has 13 heavy (non-hydrogen) atoms. The molecule has 0 unspecified atom stereocenters. The van der Waals surface area contributed by atoms with Crippen molar-refractivity contribution in [2.45, 2.75) is 18.9 Å². The van der Waals surface area contributed by atoms with Gasteiger partial charge < -0.3 is 4.74 Å². The molecule has 0 aromatic heterocycles. The maximum Gasteiger partial charge on any atom is 0.138 e. The van der Waals surface area contributed by atoms with E-state index in [0.717, 1.165) is 12.8 Å². The van der Waals surface area contributed by atoms with Gasteiger partial charge in [0.2, 0.25) is 0 Å². The summed E-state index contributed by atoms with van der Waals surface area (Å²) in [6.07, 6.45) is 2.55. The zero-order chi connectivity index (χ0) is 9.26. The van der Waals surface area contributed by atoms with Gasteiger partial charge in [-0.25, -0.2) is 0 Å². The van der Waals surface area contributed by atoms with Crippen LogP contribution in [0.3, 0.4) is 0 Å². The lowest BCUT2D eigenvalue weighted by atomic mass is 10.2. The topological polar surface area (TPSA) is 33.0 Å². The van der Waals surface area contributed by atoms with Crippen molar-refractivity contribution in [2.24, 2.45) is 0 Å². The van der Waals surface area contributed by atoms with E-state index in [2.05, 4.69) is 0 Å². The van der Waals surface area contributed by atoms with E-state index in [4.69, 9.17) is 21.6 Å². The van der Waals surface area contributed by atoms with Gasteiger partial charge in [-0.05, 0) is 31.0 Å². The number of halogens is 1. The molecule has 0 N–H and O–H groups in total. The van der Waals surface area contributed by atoms with Crippen LogP contribution >= 0.6 is 11.6 Å². The Morgan fingerprint density at radius 3 is 2.77 bits per heavy atom. The fraction of sp³-hybridized carbons (Fsp3) is 0.300. The summed E-state index contributed by atoms with van der Waals surface area (Å²) < 4.78 is 5.51. The molecule has 0 bridgehead atoms. The zero-order valence-electron chi connectivity index (χ0n) is 6.96. The summed E-state index contributed by atoms with van der Waals surface area (Å²) in [5, 5.41) is 9.12. The first-order valence-electron chi connectivity index (χ1n) is 4.16. The highest BCUT2D eigenvalue weighted by Crippen LogP contribution is 2.32. The van der Waals surface area contributed by atoms with Gasteiger partial charge in [-0.15, -0.1) is 0 Å². The average molecular weight is 194 g/mol. The second-order valence-corrected chi connectivity index (χ2v) is 3.48. The van der Waals surface area contributed by atoms with Crippen LogP contribution in [0.4, 0.5) is 0 Å². The first kappa shape index (κ1) is 8.40. The Hall–Kier alpha value is -1.20. The van der Waals surface area contributed by atoms with Crippen molar-refractivity contribution in [3.8, 4) is 11.8 Å². The van der Waals surface area contributed by atoms with Gasteiger partial charge in [0.25, 0.3) is 0 Å². The van der Waals surface area contributed by atoms with Crippen molar-refractivity contribution >= 4 is 11.6 Å². The van der Waals surface area contributed by atoms with Crippen LogP contribution in [0.5, 0.6) is 5.75 Å². The van der Waals surface area contributed by atoms with Crippen LogP contribution in [0.25, 0.3) is 0 Å². The second-order valence-electron chi connectivity index (χ2n) is 3.07. The van der Waals surface area contributed by atoms with E-state index < -0.39 is 0 Å². The highest BCUT2D eigenvalue weighted by atomic mass is 35.5. The SMILES string of the molecule is N#Cc1ccc(OC2CC2)c(Cl)c1. The number of hydrogen-bond acceptors (Lipinski definition) is 2. The summed E-state index contributed by atoms with van der Waals surface area (Å²) in [5.74, 6) is 0.683. The minimum atomic E-state index is 0.338. The van der Waals surface area contributed by atoms with E-state index in [-0.39, 0.29) is 0 Å². The Labute approximate surface area is 81.7 Å². The van der Waals surface area contributed by atoms with Gasteiger partial charge >= 0.3 is 0 Å². The number of nitrogens with zero attached hydrogens (tertiary/aromatic N) is 1. The number of rotatable bonds is 2. The molecule has 1 saturated carbocycles. The van der Waals surface area contributed by atoms with Crippen molar-refractivity contribution < 1.29 is 4.74 Å². The lowest BCUT2D eigenvalue weighted by Crippen LogP contribution is -1.96. The third-order valence-corrected chi connectivity index (χ3v) is 2.17. The lowest BCUT2D eigenvalue weighted by Gasteiger charge is -2.05. The summed E-state index contributed by atoms with van der Waals surface area (Å²) in [5.41, 5.74) is 0.563. The number of ether oxygens (including phenoxy) is 1. The monoisotopic (exact) mass is 193 g/mol. The maximum absolute atomic E-state index is 8.60. The van der Waals surface area contributed by atoms with Crippen LogP contribution in [0, 0.1) is 11.3 Å². The van der Waals surface area contributed by atoms with Gasteiger partial charge in [0.05, 0.1) is 22.8 Å². The second kappa shape index (κ2) is 3.27. The molecule has 1 aromatic carbocycles. The third kappa shape index (κ3) is 1.93. The van der Waals surface area contributed by atoms with Crippen molar-refractivity contribution in [3.05, 3.63) is 28.8 Å². The van der Waals surface area contributed by atoms with E-state index >= 15 is 0 Å². The normalized spacial score (nSPS) is 15.1. The van der Waals surface area contributed by atoms with Crippen LogP contribution in [0.15, 0.2) is 18.2 Å². The minimum absolute atomic E-state index is 0.338. The van der Waals surface area contributed by atoms with Crippen LogP contribution in [0.2, 0.25) is 5.02 Å². The molecule has 0 radical (unpaired) electrons. The molecule has 0 aliphatic heterocycles. The van der Waals surface area contributed by atoms with E-state index in [1.54, 1.807) is 18.2 Å². The Kier molecular flexibility index (Phi) is 2.12. The Bertz CT molecular complexity index is 366. The number of benzene rings is 1. The van der Waals surface area contributed by atoms with Gasteiger partial charge in [-0.3, -0.25) is 0 Å². The summed E-state index contributed by atoms with van der Waals surface area (Å²) in [7, 11) is 0. The Morgan fingerprint density at radius 1 is 1.46 bits per heavy atom. The average Bonchev–Trinajstić information content (AvgIpc) is 2.92. The van der Waals surface area contributed by atoms with Crippen LogP contribution in [-0.4, -0.2) is 6.10 Å². The molecule has 0 amide bonds. The smallest absolute Gasteiger partial charge is 0.138 e. The number of nitriles is 1. The predicted molar refractivity (Wildman–Crippen MR) is 49.8 cm³/mol. The van der Waals surface area contributed by atoms with Gasteiger partial charge in [0.15, 0.2) is 0 Å². The molecule has 1 aliphatic rings. The van der Waals surface area contributed by atoms with Crippen LogP contribution in [0.1, 0.15) is 18.4 Å². The molecule has 0 saturated heterocycles. The van der Waals surface area contributed by atoms with Crippen molar-refractivity contribution in [3.63, 3.8) is 0 Å². The van der Waals surface area contributed by atoms with Crippen molar-refractivity contribution in [1.82, 2.24) is 0 Å². The molecule has 2 nitrogen and oxygen atoms in total. The molecule has 1 aliphatic carbocycles. The summed E-state index contributed by atoms with van der Waals surface area (Å²) in [4.78, 5) is 0. The van der Waals surface area contributed by atoms with E-state index in [0.29, 0.717) is 22.4 Å². The Balaban J connectivity index is 2.21. The maximum atomic E-state index is 8.60. The molecule has 66 valence electrons. The summed E-state index contributed by atoms with van der Waals surface area (Å²) >= 11 is 5.90. The molecule has 1 aromatic rings. The standard InChI is InChI=1S/C10H8ClNO/c11-9-5-7(6-12)1-4-10(9)13-8-2-3-8/h1,4-5,8H,2-3H2. The highest BCUT2D eigenvalue weighted by molar-refractivity contribution is 6.32. The summed E-state index contributed by atoms with van der Waals surface area (Å²) in [6.45, 7) is 0. The largest absolute Gasteiger partial charge is 0.489 e. The van der Waals surface area contributed by atoms with E-state index in [1.165, 1.54) is 0 Å². The minimum Gasteiger partial charge on any atom is -0.489 e. The predicted octanol–water partition coefficient (Wildman–Crippen LogP) is 2.75. The first-order valence-corrected chi connectivity index (χ1v) is 4.53. The fourth-order valence-corrected chi connectivity index (χ4v) is 1.26. The van der Waals surface area contributed by atoms with Crippen LogP contribution in [-0.2, 0) is 0 Å². The molecule has 2 rings (SSSR count).